The number of methoxy groups -OCH3 is 1. The second kappa shape index (κ2) is 6.35. The van der Waals surface area contributed by atoms with Crippen molar-refractivity contribution in [2.75, 3.05) is 33.3 Å². The van der Waals surface area contributed by atoms with Gasteiger partial charge in [-0.1, -0.05) is 12.1 Å². The Balaban J connectivity index is 1.91. The van der Waals surface area contributed by atoms with Gasteiger partial charge in [0.05, 0.1) is 13.2 Å². The van der Waals surface area contributed by atoms with E-state index in [1.807, 2.05) is 23.7 Å². The number of piperazine rings is 1. The van der Waals surface area contributed by atoms with Crippen molar-refractivity contribution in [2.45, 2.75) is 6.04 Å². The van der Waals surface area contributed by atoms with Crippen molar-refractivity contribution in [3.63, 3.8) is 0 Å². The predicted octanol–water partition coefficient (Wildman–Crippen LogP) is 2.15. The highest BCUT2D eigenvalue weighted by Gasteiger charge is 2.25. The predicted molar refractivity (Wildman–Crippen MR) is 81.4 cm³/mol. The third kappa shape index (κ3) is 2.85. The highest BCUT2D eigenvalue weighted by molar-refractivity contribution is 7.09. The van der Waals surface area contributed by atoms with Gasteiger partial charge in [-0.15, -0.1) is 11.3 Å². The molecule has 1 N–H and O–H groups in total. The first-order valence-corrected chi connectivity index (χ1v) is 7.74. The van der Waals surface area contributed by atoms with Crippen molar-refractivity contribution < 1.29 is 4.74 Å². The second-order valence-corrected chi connectivity index (χ2v) is 5.76. The first-order valence-electron chi connectivity index (χ1n) is 6.86. The van der Waals surface area contributed by atoms with Gasteiger partial charge >= 0.3 is 0 Å². The van der Waals surface area contributed by atoms with Crippen molar-refractivity contribution in [1.82, 2.24) is 15.2 Å². The lowest BCUT2D eigenvalue weighted by Crippen LogP contribution is -2.45. The first kappa shape index (κ1) is 13.5. The zero-order valence-electron chi connectivity index (χ0n) is 11.6. The first-order chi connectivity index (χ1) is 9.88. The highest BCUT2D eigenvalue weighted by atomic mass is 32.1. The van der Waals surface area contributed by atoms with E-state index in [0.717, 1.165) is 36.9 Å². The fourth-order valence-corrected chi connectivity index (χ4v) is 3.40. The largest absolute Gasteiger partial charge is 0.497 e. The topological polar surface area (TPSA) is 37.4 Å². The van der Waals surface area contributed by atoms with E-state index in [1.165, 1.54) is 5.56 Å². The summed E-state index contributed by atoms with van der Waals surface area (Å²) in [5, 5.41) is 6.62. The molecule has 2 heterocycles. The summed E-state index contributed by atoms with van der Waals surface area (Å²) in [7, 11) is 1.70. The minimum atomic E-state index is 0.253. The number of ether oxygens (including phenoxy) is 1. The smallest absolute Gasteiger partial charge is 0.118 e. The van der Waals surface area contributed by atoms with E-state index >= 15 is 0 Å². The maximum absolute atomic E-state index is 5.25. The SMILES string of the molecule is COc1ccc(C(c2nccs2)N2CCNCC2)cc1. The molecule has 1 saturated heterocycles. The van der Waals surface area contributed by atoms with Crippen molar-refractivity contribution >= 4 is 11.3 Å². The van der Waals surface area contributed by atoms with E-state index in [0.29, 0.717) is 0 Å². The van der Waals surface area contributed by atoms with Crippen LogP contribution < -0.4 is 10.1 Å². The molecule has 1 aromatic heterocycles. The van der Waals surface area contributed by atoms with Crippen LogP contribution in [0.5, 0.6) is 5.75 Å². The molecule has 0 spiro atoms. The van der Waals surface area contributed by atoms with Crippen LogP contribution >= 0.6 is 11.3 Å². The molecule has 1 unspecified atom stereocenters. The van der Waals surface area contributed by atoms with E-state index in [-0.39, 0.29) is 6.04 Å². The van der Waals surface area contributed by atoms with Crippen LogP contribution in [0.15, 0.2) is 35.8 Å². The summed E-state index contributed by atoms with van der Waals surface area (Å²) in [6.45, 7) is 4.18. The number of hydrogen-bond donors (Lipinski definition) is 1. The average Bonchev–Trinajstić information content (AvgIpc) is 3.03. The summed E-state index contributed by atoms with van der Waals surface area (Å²) >= 11 is 1.73. The summed E-state index contributed by atoms with van der Waals surface area (Å²) in [6, 6.07) is 8.60. The number of thiazole rings is 1. The normalized spacial score (nSPS) is 17.9. The molecule has 1 aliphatic rings. The molecule has 106 valence electrons. The van der Waals surface area contributed by atoms with E-state index in [4.69, 9.17) is 4.74 Å². The van der Waals surface area contributed by atoms with Crippen LogP contribution in [0.1, 0.15) is 16.6 Å². The Bertz CT molecular complexity index is 521. The number of nitrogens with zero attached hydrogens (tertiary/aromatic N) is 2. The molecule has 0 radical (unpaired) electrons. The Morgan fingerprint density at radius 2 is 2.00 bits per heavy atom. The Kier molecular flexibility index (Phi) is 4.30. The number of benzene rings is 1. The van der Waals surface area contributed by atoms with Gasteiger partial charge in [-0.25, -0.2) is 4.98 Å². The van der Waals surface area contributed by atoms with E-state index < -0.39 is 0 Å². The maximum Gasteiger partial charge on any atom is 0.118 e. The van der Waals surface area contributed by atoms with Crippen LogP contribution in [0.4, 0.5) is 0 Å². The van der Waals surface area contributed by atoms with Crippen LogP contribution in [0.25, 0.3) is 0 Å². The van der Waals surface area contributed by atoms with E-state index in [9.17, 15) is 0 Å². The Morgan fingerprint density at radius 3 is 2.60 bits per heavy atom. The Morgan fingerprint density at radius 1 is 1.25 bits per heavy atom. The molecule has 0 aliphatic carbocycles. The number of nitrogens with one attached hydrogen (secondary N) is 1. The second-order valence-electron chi connectivity index (χ2n) is 4.83. The molecule has 20 heavy (non-hydrogen) atoms. The molecular weight excluding hydrogens is 270 g/mol. The van der Waals surface area contributed by atoms with Crippen molar-refractivity contribution in [3.05, 3.63) is 46.4 Å². The minimum Gasteiger partial charge on any atom is -0.497 e. The number of hydrogen-bond acceptors (Lipinski definition) is 5. The minimum absolute atomic E-state index is 0.253. The fraction of sp³-hybridized carbons (Fsp3) is 0.400. The number of rotatable bonds is 4. The zero-order valence-corrected chi connectivity index (χ0v) is 12.4. The van der Waals surface area contributed by atoms with Crippen LogP contribution in [0.3, 0.4) is 0 Å². The molecule has 1 aliphatic heterocycles. The van der Waals surface area contributed by atoms with Crippen LogP contribution in [0.2, 0.25) is 0 Å². The van der Waals surface area contributed by atoms with Gasteiger partial charge in [0.1, 0.15) is 10.8 Å². The molecule has 1 aromatic carbocycles. The molecule has 0 amide bonds. The lowest BCUT2D eigenvalue weighted by molar-refractivity contribution is 0.198. The van der Waals surface area contributed by atoms with Gasteiger partial charge < -0.3 is 10.1 Å². The van der Waals surface area contributed by atoms with Gasteiger partial charge in [0, 0.05) is 37.8 Å². The van der Waals surface area contributed by atoms with Gasteiger partial charge in [0.2, 0.25) is 0 Å². The lowest BCUT2D eigenvalue weighted by atomic mass is 10.0. The summed E-state index contributed by atoms with van der Waals surface area (Å²) in [5.41, 5.74) is 1.28. The molecule has 1 atom stereocenters. The molecule has 0 bridgehead atoms. The molecule has 4 nitrogen and oxygen atoms in total. The van der Waals surface area contributed by atoms with Gasteiger partial charge in [-0.2, -0.15) is 0 Å². The van der Waals surface area contributed by atoms with Gasteiger partial charge in [-0.3, -0.25) is 4.90 Å². The average molecular weight is 289 g/mol. The fourth-order valence-electron chi connectivity index (χ4n) is 2.61. The molecule has 2 aromatic rings. The lowest BCUT2D eigenvalue weighted by Gasteiger charge is -2.34. The number of aromatic nitrogens is 1. The van der Waals surface area contributed by atoms with Crippen molar-refractivity contribution in [2.24, 2.45) is 0 Å². The third-order valence-electron chi connectivity index (χ3n) is 3.63. The zero-order chi connectivity index (χ0) is 13.8. The molecule has 3 rings (SSSR count). The Labute approximate surface area is 123 Å². The van der Waals surface area contributed by atoms with Crippen LogP contribution in [-0.4, -0.2) is 43.2 Å². The highest BCUT2D eigenvalue weighted by Crippen LogP contribution is 2.31. The van der Waals surface area contributed by atoms with Crippen molar-refractivity contribution in [3.8, 4) is 5.75 Å². The Hall–Kier alpha value is -1.43. The van der Waals surface area contributed by atoms with E-state index in [2.05, 4.69) is 27.3 Å². The molecule has 1 fully saturated rings. The quantitative estimate of drug-likeness (QED) is 0.936. The summed E-state index contributed by atoms with van der Waals surface area (Å²) < 4.78 is 5.25. The molecule has 5 heteroatoms. The van der Waals surface area contributed by atoms with Gasteiger partial charge in [0.25, 0.3) is 0 Å². The monoisotopic (exact) mass is 289 g/mol. The molecule has 0 saturated carbocycles. The molecular formula is C15H19N3OS. The van der Waals surface area contributed by atoms with Crippen LogP contribution in [0, 0.1) is 0 Å². The van der Waals surface area contributed by atoms with Crippen molar-refractivity contribution in [1.29, 1.82) is 0 Å². The van der Waals surface area contributed by atoms with E-state index in [1.54, 1.807) is 18.4 Å². The summed E-state index contributed by atoms with van der Waals surface area (Å²) in [6.07, 6.45) is 1.89. The van der Waals surface area contributed by atoms with Crippen LogP contribution in [-0.2, 0) is 0 Å². The van der Waals surface area contributed by atoms with Gasteiger partial charge in [-0.05, 0) is 17.7 Å². The maximum atomic E-state index is 5.25. The summed E-state index contributed by atoms with van der Waals surface area (Å²) in [4.78, 5) is 7.03. The summed E-state index contributed by atoms with van der Waals surface area (Å²) in [5.74, 6) is 0.895. The third-order valence-corrected chi connectivity index (χ3v) is 4.46. The van der Waals surface area contributed by atoms with Gasteiger partial charge in [0.15, 0.2) is 0 Å². The standard InChI is InChI=1S/C15H19N3OS/c1-19-13-4-2-12(3-5-13)14(15-17-8-11-20-15)18-9-6-16-7-10-18/h2-5,8,11,14,16H,6-7,9-10H2,1H3.